The van der Waals surface area contributed by atoms with Gasteiger partial charge in [0, 0.05) is 37.2 Å². The van der Waals surface area contributed by atoms with Gasteiger partial charge in [0.2, 0.25) is 0 Å². The predicted octanol–water partition coefficient (Wildman–Crippen LogP) is 2.10. The van der Waals surface area contributed by atoms with E-state index in [0.29, 0.717) is 13.2 Å². The molecule has 7 nitrogen and oxygen atoms in total. The molecule has 1 aromatic heterocycles. The van der Waals surface area contributed by atoms with Crippen molar-refractivity contribution in [3.8, 4) is 0 Å². The summed E-state index contributed by atoms with van der Waals surface area (Å²) in [6.07, 6.45) is 0.0219. The molecule has 0 radical (unpaired) electrons. The average molecular weight is 376 g/mol. The van der Waals surface area contributed by atoms with Crippen LogP contribution in [0.3, 0.4) is 0 Å². The van der Waals surface area contributed by atoms with Crippen molar-refractivity contribution < 1.29 is 14.6 Å². The number of nitrogens with one attached hydrogen (secondary N) is 1. The van der Waals surface area contributed by atoms with E-state index < -0.39 is 5.97 Å². The number of aromatic nitrogens is 1. The number of hydrogen-bond donors (Lipinski definition) is 2. The molecule has 140 valence electrons. The van der Waals surface area contributed by atoms with Crippen LogP contribution in [0.2, 0.25) is 0 Å². The largest absolute Gasteiger partial charge is 0.480 e. The Balaban J connectivity index is 1.50. The lowest BCUT2D eigenvalue weighted by molar-refractivity contribution is -0.138. The van der Waals surface area contributed by atoms with Crippen LogP contribution in [0.5, 0.6) is 0 Å². The Kier molecular flexibility index (Phi) is 6.56. The number of thiazole rings is 1. The molecular weight excluding hydrogens is 352 g/mol. The summed E-state index contributed by atoms with van der Waals surface area (Å²) < 4.78 is 5.78. The van der Waals surface area contributed by atoms with Crippen LogP contribution in [0, 0.1) is 0 Å². The molecule has 0 amide bonds. The standard InChI is InChI=1S/C18H24N4O3S/c1-21(12-17(23)24)10-16-11-22(7-8-25-16)9-15-13-26-18(20-15)19-14-5-3-2-4-6-14/h2-6,13,16H,7-12H2,1H3,(H,19,20)(H,23,24). The highest BCUT2D eigenvalue weighted by Crippen LogP contribution is 2.22. The van der Waals surface area contributed by atoms with Gasteiger partial charge in [-0.2, -0.15) is 0 Å². The minimum Gasteiger partial charge on any atom is -0.480 e. The second kappa shape index (κ2) is 9.09. The fourth-order valence-electron chi connectivity index (χ4n) is 2.99. The van der Waals surface area contributed by atoms with Gasteiger partial charge >= 0.3 is 5.97 Å². The smallest absolute Gasteiger partial charge is 0.317 e. The number of para-hydroxylation sites is 1. The van der Waals surface area contributed by atoms with Gasteiger partial charge in [-0.3, -0.25) is 14.6 Å². The predicted molar refractivity (Wildman–Crippen MR) is 102 cm³/mol. The van der Waals surface area contributed by atoms with E-state index >= 15 is 0 Å². The normalized spacial score (nSPS) is 18.2. The monoisotopic (exact) mass is 376 g/mol. The van der Waals surface area contributed by atoms with Crippen molar-refractivity contribution in [2.45, 2.75) is 12.6 Å². The number of hydrogen-bond acceptors (Lipinski definition) is 7. The van der Waals surface area contributed by atoms with Crippen molar-refractivity contribution in [2.75, 3.05) is 45.2 Å². The molecule has 1 atom stereocenters. The molecule has 2 N–H and O–H groups in total. The molecule has 1 aliphatic heterocycles. The van der Waals surface area contributed by atoms with E-state index in [1.54, 1.807) is 23.3 Å². The highest BCUT2D eigenvalue weighted by atomic mass is 32.1. The Bertz CT molecular complexity index is 709. The van der Waals surface area contributed by atoms with Crippen molar-refractivity contribution in [1.82, 2.24) is 14.8 Å². The summed E-state index contributed by atoms with van der Waals surface area (Å²) in [5.74, 6) is -0.818. The molecule has 8 heteroatoms. The molecule has 0 bridgehead atoms. The van der Waals surface area contributed by atoms with Gasteiger partial charge in [0.05, 0.1) is 24.9 Å². The molecule has 1 aliphatic rings. The van der Waals surface area contributed by atoms with Crippen LogP contribution in [-0.2, 0) is 16.1 Å². The van der Waals surface area contributed by atoms with Crippen LogP contribution in [0.4, 0.5) is 10.8 Å². The maximum atomic E-state index is 10.8. The Morgan fingerprint density at radius 3 is 3.04 bits per heavy atom. The summed E-state index contributed by atoms with van der Waals surface area (Å²) in [6, 6.07) is 10.0. The summed E-state index contributed by atoms with van der Waals surface area (Å²) in [4.78, 5) is 19.5. The fourth-order valence-corrected chi connectivity index (χ4v) is 3.71. The maximum absolute atomic E-state index is 10.8. The second-order valence-corrected chi connectivity index (χ2v) is 7.31. The lowest BCUT2D eigenvalue weighted by Crippen LogP contribution is -2.47. The van der Waals surface area contributed by atoms with Crippen molar-refractivity contribution in [3.05, 3.63) is 41.4 Å². The molecule has 1 aromatic carbocycles. The Labute approximate surface area is 157 Å². The molecule has 3 rings (SSSR count). The zero-order chi connectivity index (χ0) is 18.4. The number of anilines is 2. The van der Waals surface area contributed by atoms with Crippen LogP contribution >= 0.6 is 11.3 Å². The number of benzene rings is 1. The Morgan fingerprint density at radius 1 is 1.46 bits per heavy atom. The highest BCUT2D eigenvalue weighted by Gasteiger charge is 2.23. The topological polar surface area (TPSA) is 77.9 Å². The number of nitrogens with zero attached hydrogens (tertiary/aromatic N) is 3. The third kappa shape index (κ3) is 5.77. The van der Waals surface area contributed by atoms with Crippen LogP contribution in [0.15, 0.2) is 35.7 Å². The van der Waals surface area contributed by atoms with E-state index in [1.165, 1.54) is 0 Å². The van der Waals surface area contributed by atoms with Gasteiger partial charge in [0.25, 0.3) is 0 Å². The number of carbonyl (C=O) groups is 1. The van der Waals surface area contributed by atoms with E-state index in [2.05, 4.69) is 20.6 Å². The lowest BCUT2D eigenvalue weighted by atomic mass is 10.2. The van der Waals surface area contributed by atoms with Gasteiger partial charge in [-0.15, -0.1) is 11.3 Å². The highest BCUT2D eigenvalue weighted by molar-refractivity contribution is 7.13. The third-order valence-electron chi connectivity index (χ3n) is 4.11. The van der Waals surface area contributed by atoms with E-state index in [-0.39, 0.29) is 12.6 Å². The Morgan fingerprint density at radius 2 is 2.27 bits per heavy atom. The molecule has 0 saturated carbocycles. The zero-order valence-corrected chi connectivity index (χ0v) is 15.6. The van der Waals surface area contributed by atoms with Crippen LogP contribution in [0.1, 0.15) is 5.69 Å². The Hall–Kier alpha value is -2.00. The SMILES string of the molecule is CN(CC(=O)O)CC1CN(Cc2csc(Nc3ccccc3)n2)CCO1. The first-order valence-corrected chi connectivity index (χ1v) is 9.47. The summed E-state index contributed by atoms with van der Waals surface area (Å²) in [5.41, 5.74) is 2.06. The maximum Gasteiger partial charge on any atom is 0.317 e. The first kappa shape index (κ1) is 18.8. The van der Waals surface area contributed by atoms with Crippen LogP contribution in [0.25, 0.3) is 0 Å². The molecule has 0 spiro atoms. The lowest BCUT2D eigenvalue weighted by Gasteiger charge is -2.34. The van der Waals surface area contributed by atoms with Gasteiger partial charge in [0.1, 0.15) is 0 Å². The molecule has 1 unspecified atom stereocenters. The molecule has 1 saturated heterocycles. The molecule has 1 fully saturated rings. The molecule has 2 aromatic rings. The van der Waals surface area contributed by atoms with E-state index in [0.717, 1.165) is 36.1 Å². The average Bonchev–Trinajstić information content (AvgIpc) is 3.02. The molecular formula is C18H24N4O3S. The minimum absolute atomic E-state index is 0.0219. The van der Waals surface area contributed by atoms with E-state index in [4.69, 9.17) is 9.84 Å². The molecule has 26 heavy (non-hydrogen) atoms. The number of ether oxygens (including phenoxy) is 1. The van der Waals surface area contributed by atoms with Crippen LogP contribution in [-0.4, -0.2) is 71.8 Å². The van der Waals surface area contributed by atoms with Gasteiger partial charge in [-0.1, -0.05) is 18.2 Å². The van der Waals surface area contributed by atoms with Gasteiger partial charge < -0.3 is 15.2 Å². The quantitative estimate of drug-likeness (QED) is 0.730. The number of aliphatic carboxylic acids is 1. The van der Waals surface area contributed by atoms with E-state index in [9.17, 15) is 4.79 Å². The number of likely N-dealkylation sites (N-methyl/N-ethyl adjacent to an activating group) is 1. The first-order valence-electron chi connectivity index (χ1n) is 8.59. The van der Waals surface area contributed by atoms with Gasteiger partial charge in [-0.05, 0) is 19.2 Å². The molecule has 2 heterocycles. The van der Waals surface area contributed by atoms with E-state index in [1.807, 2.05) is 30.3 Å². The van der Waals surface area contributed by atoms with Crippen molar-refractivity contribution >= 4 is 28.1 Å². The van der Waals surface area contributed by atoms with Crippen LogP contribution < -0.4 is 5.32 Å². The summed E-state index contributed by atoms with van der Waals surface area (Å²) in [6.45, 7) is 3.71. The minimum atomic E-state index is -0.818. The number of rotatable bonds is 8. The van der Waals surface area contributed by atoms with Gasteiger partial charge in [-0.25, -0.2) is 4.98 Å². The summed E-state index contributed by atoms with van der Waals surface area (Å²) >= 11 is 1.60. The molecule has 0 aliphatic carbocycles. The summed E-state index contributed by atoms with van der Waals surface area (Å²) in [5, 5.41) is 15.1. The van der Waals surface area contributed by atoms with Gasteiger partial charge in [0.15, 0.2) is 5.13 Å². The summed E-state index contributed by atoms with van der Waals surface area (Å²) in [7, 11) is 1.80. The third-order valence-corrected chi connectivity index (χ3v) is 4.91. The van der Waals surface area contributed by atoms with Crippen molar-refractivity contribution in [3.63, 3.8) is 0 Å². The number of carboxylic acids is 1. The number of carboxylic acid groups (broad SMARTS) is 1. The zero-order valence-electron chi connectivity index (χ0n) is 14.8. The van der Waals surface area contributed by atoms with Crippen molar-refractivity contribution in [2.24, 2.45) is 0 Å². The first-order chi connectivity index (χ1) is 12.6. The number of morpholine rings is 1. The van der Waals surface area contributed by atoms with Crippen molar-refractivity contribution in [1.29, 1.82) is 0 Å². The fraction of sp³-hybridized carbons (Fsp3) is 0.444. The second-order valence-electron chi connectivity index (χ2n) is 6.45.